The van der Waals surface area contributed by atoms with Gasteiger partial charge >= 0.3 is 0 Å². The maximum absolute atomic E-state index is 12.3. The van der Waals surface area contributed by atoms with Crippen LogP contribution in [0.2, 0.25) is 5.02 Å². The van der Waals surface area contributed by atoms with Crippen LogP contribution in [0.15, 0.2) is 36.5 Å². The van der Waals surface area contributed by atoms with E-state index in [9.17, 15) is 4.79 Å². The molecule has 0 aliphatic heterocycles. The van der Waals surface area contributed by atoms with Crippen molar-refractivity contribution in [2.24, 2.45) is 0 Å². The number of carbonyl (C=O) groups excluding carboxylic acids is 1. The first-order chi connectivity index (χ1) is 9.22. The minimum Gasteiger partial charge on any atom is -0.292 e. The number of halogens is 1. The molecular formula is C15H17ClN2O. The lowest BCUT2D eigenvalue weighted by Crippen LogP contribution is -2.11. The van der Waals surface area contributed by atoms with Gasteiger partial charge in [0.25, 0.3) is 0 Å². The minimum absolute atomic E-state index is 0.0554. The highest BCUT2D eigenvalue weighted by Gasteiger charge is 2.16. The Morgan fingerprint density at radius 1 is 1.32 bits per heavy atom. The van der Waals surface area contributed by atoms with E-state index in [4.69, 9.17) is 11.6 Å². The second-order valence-electron chi connectivity index (χ2n) is 4.47. The predicted molar refractivity (Wildman–Crippen MR) is 76.6 cm³/mol. The van der Waals surface area contributed by atoms with Gasteiger partial charge in [-0.3, -0.25) is 9.48 Å². The van der Waals surface area contributed by atoms with Crippen molar-refractivity contribution in [3.8, 4) is 0 Å². The van der Waals surface area contributed by atoms with E-state index in [1.54, 1.807) is 10.9 Å². The smallest absolute Gasteiger partial charge is 0.182 e. The van der Waals surface area contributed by atoms with E-state index in [1.165, 1.54) is 0 Å². The van der Waals surface area contributed by atoms with Gasteiger partial charge in [-0.2, -0.15) is 5.10 Å². The number of rotatable bonds is 6. The molecule has 0 N–H and O–H groups in total. The van der Waals surface area contributed by atoms with Gasteiger partial charge < -0.3 is 0 Å². The number of carbonyl (C=O) groups is 1. The first kappa shape index (κ1) is 13.8. The van der Waals surface area contributed by atoms with Crippen LogP contribution in [0, 0.1) is 0 Å². The molecule has 0 amide bonds. The SMILES string of the molecule is CCCn1ncc(Cl)c1C(=O)CCc1ccccc1. The highest BCUT2D eigenvalue weighted by atomic mass is 35.5. The zero-order chi connectivity index (χ0) is 13.7. The van der Waals surface area contributed by atoms with E-state index in [2.05, 4.69) is 5.10 Å². The summed E-state index contributed by atoms with van der Waals surface area (Å²) in [6.45, 7) is 2.77. The molecule has 1 heterocycles. The van der Waals surface area contributed by atoms with Gasteiger partial charge in [0.1, 0.15) is 5.69 Å². The van der Waals surface area contributed by atoms with E-state index in [1.807, 2.05) is 37.3 Å². The van der Waals surface area contributed by atoms with E-state index in [-0.39, 0.29) is 5.78 Å². The second kappa shape index (κ2) is 6.53. The van der Waals surface area contributed by atoms with Crippen LogP contribution in [0.5, 0.6) is 0 Å². The summed E-state index contributed by atoms with van der Waals surface area (Å²) in [7, 11) is 0. The van der Waals surface area contributed by atoms with Crippen molar-refractivity contribution in [1.29, 1.82) is 0 Å². The molecule has 1 aromatic heterocycles. The van der Waals surface area contributed by atoms with Crippen molar-refractivity contribution < 1.29 is 4.79 Å². The molecule has 0 fully saturated rings. The Bertz CT molecular complexity index is 549. The average Bonchev–Trinajstić information content (AvgIpc) is 2.79. The lowest BCUT2D eigenvalue weighted by Gasteiger charge is -2.06. The number of hydrogen-bond acceptors (Lipinski definition) is 2. The number of benzene rings is 1. The number of aromatic nitrogens is 2. The van der Waals surface area contributed by atoms with E-state index in [0.29, 0.717) is 17.1 Å². The molecule has 2 rings (SSSR count). The molecule has 0 bridgehead atoms. The van der Waals surface area contributed by atoms with Crippen LogP contribution in [0.4, 0.5) is 0 Å². The molecule has 0 spiro atoms. The molecule has 2 aromatic rings. The Kier molecular flexibility index (Phi) is 4.74. The lowest BCUT2D eigenvalue weighted by atomic mass is 10.1. The zero-order valence-electron chi connectivity index (χ0n) is 11.0. The van der Waals surface area contributed by atoms with Crippen molar-refractivity contribution in [2.45, 2.75) is 32.7 Å². The minimum atomic E-state index is 0.0554. The van der Waals surface area contributed by atoms with Crippen molar-refractivity contribution in [3.05, 3.63) is 52.8 Å². The summed E-state index contributed by atoms with van der Waals surface area (Å²) in [5.41, 5.74) is 1.70. The van der Waals surface area contributed by atoms with Crippen LogP contribution in [-0.2, 0) is 13.0 Å². The normalized spacial score (nSPS) is 10.6. The largest absolute Gasteiger partial charge is 0.292 e. The fourth-order valence-electron chi connectivity index (χ4n) is 2.04. The van der Waals surface area contributed by atoms with Crippen molar-refractivity contribution >= 4 is 17.4 Å². The maximum atomic E-state index is 12.3. The number of hydrogen-bond donors (Lipinski definition) is 0. The van der Waals surface area contributed by atoms with Crippen LogP contribution in [0.1, 0.15) is 35.8 Å². The van der Waals surface area contributed by atoms with E-state index in [0.717, 1.165) is 24.9 Å². The Morgan fingerprint density at radius 2 is 2.05 bits per heavy atom. The van der Waals surface area contributed by atoms with Crippen molar-refractivity contribution in [2.75, 3.05) is 0 Å². The molecule has 0 aliphatic carbocycles. The second-order valence-corrected chi connectivity index (χ2v) is 4.88. The molecule has 0 saturated heterocycles. The summed E-state index contributed by atoms with van der Waals surface area (Å²) in [5, 5.41) is 4.60. The van der Waals surface area contributed by atoms with Crippen LogP contribution in [0.25, 0.3) is 0 Å². The van der Waals surface area contributed by atoms with E-state index < -0.39 is 0 Å². The van der Waals surface area contributed by atoms with E-state index >= 15 is 0 Å². The average molecular weight is 277 g/mol. The first-order valence-electron chi connectivity index (χ1n) is 6.50. The molecule has 3 nitrogen and oxygen atoms in total. The van der Waals surface area contributed by atoms with Gasteiger partial charge in [-0.25, -0.2) is 0 Å². The fourth-order valence-corrected chi connectivity index (χ4v) is 2.29. The molecule has 19 heavy (non-hydrogen) atoms. The lowest BCUT2D eigenvalue weighted by molar-refractivity contribution is 0.0972. The Hall–Kier alpha value is -1.61. The Labute approximate surface area is 118 Å². The third-order valence-corrected chi connectivity index (χ3v) is 3.25. The third-order valence-electron chi connectivity index (χ3n) is 2.98. The van der Waals surface area contributed by atoms with Gasteiger partial charge in [-0.05, 0) is 18.4 Å². The monoisotopic (exact) mass is 276 g/mol. The fraction of sp³-hybridized carbons (Fsp3) is 0.333. The summed E-state index contributed by atoms with van der Waals surface area (Å²) >= 11 is 6.05. The summed E-state index contributed by atoms with van der Waals surface area (Å²) < 4.78 is 1.70. The summed E-state index contributed by atoms with van der Waals surface area (Å²) in [5.74, 6) is 0.0554. The highest BCUT2D eigenvalue weighted by molar-refractivity contribution is 6.33. The molecule has 100 valence electrons. The number of Topliss-reactive ketones (excluding diaryl/α,β-unsaturated/α-hetero) is 1. The molecule has 0 aliphatic rings. The quantitative estimate of drug-likeness (QED) is 0.753. The number of aryl methyl sites for hydroxylation is 2. The van der Waals surface area contributed by atoms with Crippen molar-refractivity contribution in [3.63, 3.8) is 0 Å². The number of ketones is 1. The van der Waals surface area contributed by atoms with Gasteiger partial charge in [0, 0.05) is 13.0 Å². The zero-order valence-corrected chi connectivity index (χ0v) is 11.7. The molecule has 0 saturated carbocycles. The summed E-state index contributed by atoms with van der Waals surface area (Å²) in [4.78, 5) is 12.3. The van der Waals surface area contributed by atoms with Gasteiger partial charge in [0.2, 0.25) is 0 Å². The van der Waals surface area contributed by atoms with Gasteiger partial charge in [-0.15, -0.1) is 0 Å². The van der Waals surface area contributed by atoms with Crippen LogP contribution in [-0.4, -0.2) is 15.6 Å². The Balaban J connectivity index is 2.06. The molecule has 0 atom stereocenters. The van der Waals surface area contributed by atoms with Crippen LogP contribution in [0.3, 0.4) is 0 Å². The molecule has 1 aromatic carbocycles. The van der Waals surface area contributed by atoms with Crippen LogP contribution < -0.4 is 0 Å². The third kappa shape index (κ3) is 3.44. The Morgan fingerprint density at radius 3 is 2.74 bits per heavy atom. The standard InChI is InChI=1S/C15H17ClN2O/c1-2-10-18-15(13(16)11-17-18)14(19)9-8-12-6-4-3-5-7-12/h3-7,11H,2,8-10H2,1H3. The molecular weight excluding hydrogens is 260 g/mol. The molecule has 4 heteroatoms. The highest BCUT2D eigenvalue weighted by Crippen LogP contribution is 2.18. The van der Waals surface area contributed by atoms with Crippen LogP contribution >= 0.6 is 11.6 Å². The predicted octanol–water partition coefficient (Wildman–Crippen LogP) is 3.76. The van der Waals surface area contributed by atoms with Gasteiger partial charge in [0.05, 0.1) is 11.2 Å². The number of nitrogens with zero attached hydrogens (tertiary/aromatic N) is 2. The maximum Gasteiger partial charge on any atom is 0.182 e. The first-order valence-corrected chi connectivity index (χ1v) is 6.88. The summed E-state index contributed by atoms with van der Waals surface area (Å²) in [6, 6.07) is 9.98. The topological polar surface area (TPSA) is 34.9 Å². The molecule has 0 radical (unpaired) electrons. The summed E-state index contributed by atoms with van der Waals surface area (Å²) in [6.07, 6.45) is 3.66. The van der Waals surface area contributed by atoms with Gasteiger partial charge in [0.15, 0.2) is 5.78 Å². The van der Waals surface area contributed by atoms with Gasteiger partial charge in [-0.1, -0.05) is 48.9 Å². The molecule has 0 unspecified atom stereocenters. The van der Waals surface area contributed by atoms with Crippen molar-refractivity contribution in [1.82, 2.24) is 9.78 Å².